The van der Waals surface area contributed by atoms with E-state index in [9.17, 15) is 10.1 Å². The summed E-state index contributed by atoms with van der Waals surface area (Å²) in [6, 6.07) is 4.40. The highest BCUT2D eigenvalue weighted by atomic mass is 16.6. The minimum Gasteiger partial charge on any atom is -0.496 e. The van der Waals surface area contributed by atoms with Gasteiger partial charge in [0.2, 0.25) is 5.89 Å². The van der Waals surface area contributed by atoms with Gasteiger partial charge in [0.05, 0.1) is 23.8 Å². The lowest BCUT2D eigenvalue weighted by atomic mass is 9.93. The summed E-state index contributed by atoms with van der Waals surface area (Å²) in [6.07, 6.45) is 1.57. The van der Waals surface area contributed by atoms with Crippen LogP contribution in [0.2, 0.25) is 0 Å². The first-order valence-electron chi connectivity index (χ1n) is 6.71. The van der Waals surface area contributed by atoms with Crippen LogP contribution in [0.25, 0.3) is 0 Å². The summed E-state index contributed by atoms with van der Waals surface area (Å²) >= 11 is 0. The third-order valence-electron chi connectivity index (χ3n) is 3.03. The van der Waals surface area contributed by atoms with Gasteiger partial charge in [0.15, 0.2) is 12.4 Å². The number of rotatable bonds is 5. The van der Waals surface area contributed by atoms with E-state index >= 15 is 0 Å². The summed E-state index contributed by atoms with van der Waals surface area (Å²) in [5.74, 6) is 0.904. The first-order chi connectivity index (χ1) is 10.3. The number of hydrogen-bond donors (Lipinski definition) is 0. The minimum absolute atomic E-state index is 0.0171. The highest BCUT2D eigenvalue weighted by Gasteiger charge is 2.20. The zero-order valence-corrected chi connectivity index (χ0v) is 13.0. The smallest absolute Gasteiger partial charge is 0.314 e. The number of oxazole rings is 1. The van der Waals surface area contributed by atoms with Gasteiger partial charge in [-0.25, -0.2) is 4.98 Å². The molecule has 0 unspecified atom stereocenters. The first kappa shape index (κ1) is 15.8. The Labute approximate surface area is 128 Å². The van der Waals surface area contributed by atoms with E-state index in [0.29, 0.717) is 11.6 Å². The molecule has 7 heteroatoms. The Balaban J connectivity index is 2.14. The molecular formula is C15H18N2O5. The Bertz CT molecular complexity index is 673. The summed E-state index contributed by atoms with van der Waals surface area (Å²) in [7, 11) is 1.44. The largest absolute Gasteiger partial charge is 0.496 e. The number of ether oxygens (including phenoxy) is 2. The van der Waals surface area contributed by atoms with Gasteiger partial charge in [0, 0.05) is 5.41 Å². The zero-order valence-electron chi connectivity index (χ0n) is 13.0. The van der Waals surface area contributed by atoms with Crippen molar-refractivity contribution in [3.05, 3.63) is 46.2 Å². The maximum atomic E-state index is 11.1. The van der Waals surface area contributed by atoms with E-state index in [1.54, 1.807) is 12.3 Å². The summed E-state index contributed by atoms with van der Waals surface area (Å²) in [5.41, 5.74) is 0.505. The standard InChI is InChI=1S/C15H18N2O5/c1-15(2,3)13-8-22-14(16-13)9-21-12-6-5-10(20-4)7-11(12)17(18)19/h5-8H,9H2,1-4H3. The van der Waals surface area contributed by atoms with Crippen LogP contribution in [0.1, 0.15) is 32.4 Å². The predicted molar refractivity (Wildman–Crippen MR) is 79.2 cm³/mol. The van der Waals surface area contributed by atoms with Gasteiger partial charge in [-0.15, -0.1) is 0 Å². The second-order valence-electron chi connectivity index (χ2n) is 5.76. The Hall–Kier alpha value is -2.57. The lowest BCUT2D eigenvalue weighted by Crippen LogP contribution is -2.11. The molecule has 1 heterocycles. The third-order valence-corrected chi connectivity index (χ3v) is 3.03. The summed E-state index contributed by atoms with van der Waals surface area (Å²) in [4.78, 5) is 14.9. The quantitative estimate of drug-likeness (QED) is 0.621. The molecule has 0 radical (unpaired) electrons. The number of nitrogens with zero attached hydrogens (tertiary/aromatic N) is 2. The molecule has 0 aliphatic rings. The van der Waals surface area contributed by atoms with Gasteiger partial charge < -0.3 is 13.9 Å². The number of nitro groups is 1. The summed E-state index contributed by atoms with van der Waals surface area (Å²) in [6.45, 7) is 6.07. The monoisotopic (exact) mass is 306 g/mol. The van der Waals surface area contributed by atoms with Crippen LogP contribution in [0, 0.1) is 10.1 Å². The molecular weight excluding hydrogens is 288 g/mol. The molecule has 0 aliphatic heterocycles. The Kier molecular flexibility index (Phi) is 4.35. The third kappa shape index (κ3) is 3.55. The Morgan fingerprint density at radius 1 is 1.36 bits per heavy atom. The Morgan fingerprint density at radius 3 is 2.64 bits per heavy atom. The van der Waals surface area contributed by atoms with Crippen LogP contribution >= 0.6 is 0 Å². The number of methoxy groups -OCH3 is 1. The predicted octanol–water partition coefficient (Wildman–Crippen LogP) is 3.47. The van der Waals surface area contributed by atoms with Gasteiger partial charge in [-0.2, -0.15) is 0 Å². The Morgan fingerprint density at radius 2 is 2.09 bits per heavy atom. The van der Waals surface area contributed by atoms with Crippen LogP contribution in [0.4, 0.5) is 5.69 Å². The lowest BCUT2D eigenvalue weighted by Gasteiger charge is -2.13. The fourth-order valence-corrected chi connectivity index (χ4v) is 1.75. The second-order valence-corrected chi connectivity index (χ2v) is 5.76. The molecule has 0 atom stereocenters. The van der Waals surface area contributed by atoms with Crippen molar-refractivity contribution in [3.63, 3.8) is 0 Å². The molecule has 0 amide bonds. The topological polar surface area (TPSA) is 87.6 Å². The van der Waals surface area contributed by atoms with E-state index in [1.807, 2.05) is 20.8 Å². The zero-order chi connectivity index (χ0) is 16.3. The molecule has 0 spiro atoms. The first-order valence-corrected chi connectivity index (χ1v) is 6.71. The number of nitro benzene ring substituents is 1. The molecule has 22 heavy (non-hydrogen) atoms. The van der Waals surface area contributed by atoms with E-state index in [0.717, 1.165) is 5.69 Å². The maximum Gasteiger partial charge on any atom is 0.314 e. The molecule has 2 aromatic rings. The highest BCUT2D eigenvalue weighted by molar-refractivity contribution is 5.50. The second kappa shape index (κ2) is 6.05. The van der Waals surface area contributed by atoms with Crippen LogP contribution in [0.3, 0.4) is 0 Å². The lowest BCUT2D eigenvalue weighted by molar-refractivity contribution is -0.386. The molecule has 0 fully saturated rings. The molecule has 118 valence electrons. The van der Waals surface area contributed by atoms with E-state index in [2.05, 4.69) is 4.98 Å². The van der Waals surface area contributed by atoms with Crippen molar-refractivity contribution in [2.75, 3.05) is 7.11 Å². The highest BCUT2D eigenvalue weighted by Crippen LogP contribution is 2.31. The fraction of sp³-hybridized carbons (Fsp3) is 0.400. The van der Waals surface area contributed by atoms with Gasteiger partial charge in [-0.3, -0.25) is 10.1 Å². The average molecular weight is 306 g/mol. The molecule has 2 rings (SSSR count). The van der Waals surface area contributed by atoms with Crippen molar-refractivity contribution in [2.45, 2.75) is 32.8 Å². The van der Waals surface area contributed by atoms with Crippen molar-refractivity contribution in [1.29, 1.82) is 0 Å². The van der Waals surface area contributed by atoms with Gasteiger partial charge >= 0.3 is 5.69 Å². The van der Waals surface area contributed by atoms with E-state index in [-0.39, 0.29) is 23.5 Å². The van der Waals surface area contributed by atoms with Crippen LogP contribution in [-0.2, 0) is 12.0 Å². The molecule has 1 aromatic heterocycles. The van der Waals surface area contributed by atoms with Crippen molar-refractivity contribution >= 4 is 5.69 Å². The van der Waals surface area contributed by atoms with Gasteiger partial charge in [0.1, 0.15) is 12.0 Å². The maximum absolute atomic E-state index is 11.1. The minimum atomic E-state index is -0.520. The van der Waals surface area contributed by atoms with Crippen molar-refractivity contribution < 1.29 is 18.8 Å². The van der Waals surface area contributed by atoms with Crippen molar-refractivity contribution in [2.24, 2.45) is 0 Å². The van der Waals surface area contributed by atoms with Crippen LogP contribution in [-0.4, -0.2) is 17.0 Å². The van der Waals surface area contributed by atoms with Crippen LogP contribution < -0.4 is 9.47 Å². The van der Waals surface area contributed by atoms with Crippen LogP contribution in [0.5, 0.6) is 11.5 Å². The van der Waals surface area contributed by atoms with Crippen molar-refractivity contribution in [1.82, 2.24) is 4.98 Å². The van der Waals surface area contributed by atoms with E-state index in [4.69, 9.17) is 13.9 Å². The molecule has 1 aromatic carbocycles. The normalized spacial score (nSPS) is 11.3. The van der Waals surface area contributed by atoms with Gasteiger partial charge in [-0.1, -0.05) is 20.8 Å². The van der Waals surface area contributed by atoms with Gasteiger partial charge in [-0.05, 0) is 12.1 Å². The molecule has 0 aliphatic carbocycles. The number of benzene rings is 1. The fourth-order valence-electron chi connectivity index (χ4n) is 1.75. The SMILES string of the molecule is COc1ccc(OCc2nc(C(C)(C)C)co2)c([N+](=O)[O-])c1. The number of aromatic nitrogens is 1. The molecule has 0 saturated carbocycles. The molecule has 0 saturated heterocycles. The van der Waals surface area contributed by atoms with Gasteiger partial charge in [0.25, 0.3) is 0 Å². The van der Waals surface area contributed by atoms with Crippen LogP contribution in [0.15, 0.2) is 28.9 Å². The van der Waals surface area contributed by atoms with Crippen molar-refractivity contribution in [3.8, 4) is 11.5 Å². The molecule has 0 bridgehead atoms. The molecule has 0 N–H and O–H groups in total. The van der Waals surface area contributed by atoms with E-state index < -0.39 is 4.92 Å². The number of hydrogen-bond acceptors (Lipinski definition) is 6. The summed E-state index contributed by atoms with van der Waals surface area (Å²) in [5, 5.41) is 11.1. The average Bonchev–Trinajstić information content (AvgIpc) is 2.93. The summed E-state index contributed by atoms with van der Waals surface area (Å²) < 4.78 is 15.8. The van der Waals surface area contributed by atoms with E-state index in [1.165, 1.54) is 19.2 Å². The molecule has 7 nitrogen and oxygen atoms in total.